The molecule has 0 bridgehead atoms. The Kier molecular flexibility index (Phi) is 106. The topological polar surface area (TPSA) is 202 Å². The van der Waals surface area contributed by atoms with Gasteiger partial charge >= 0.3 is 63.2 Å². The Morgan fingerprint density at radius 1 is 0.202 bits per heavy atom. The fourth-order valence-electron chi connectivity index (χ4n) is 9.69. The summed E-state index contributed by atoms with van der Waals surface area (Å²) in [5.41, 5.74) is -14.1. The first-order valence-electron chi connectivity index (χ1n) is 35.1. The first kappa shape index (κ1) is 111. The molecule has 0 N–H and O–H groups in total. The molecule has 0 saturated carbocycles. The summed E-state index contributed by atoms with van der Waals surface area (Å²) < 4.78 is 7.83. The zero-order valence-corrected chi connectivity index (χ0v) is 74.9. The largest absolute Gasteiger partial charge is 4.00 e. The molecule has 0 rings (SSSR count). The first-order valence-corrected chi connectivity index (χ1v) is 54.6. The maximum Gasteiger partial charge on any atom is 4.00 e. The minimum Gasteiger partial charge on any atom is -0.854 e. The number of hydrogen-bond donors (Lipinski definition) is 0. The zero-order valence-electron chi connectivity index (χ0n) is 58.0. The average Bonchev–Trinajstić information content (AvgIpc) is 3.50. The van der Waals surface area contributed by atoms with Crippen molar-refractivity contribution in [2.75, 3.05) is 46.0 Å². The van der Waals surface area contributed by atoms with Gasteiger partial charge in [0.25, 0.3) is 0 Å². The van der Waals surface area contributed by atoms with Crippen LogP contribution in [0.1, 0.15) is 364 Å². The molecule has 89 heavy (non-hydrogen) atoms. The third-order valence-corrected chi connectivity index (χ3v) is 43.3. The second kappa shape index (κ2) is 84.9. The van der Waals surface area contributed by atoms with E-state index < -0.39 is 63.1 Å². The van der Waals surface area contributed by atoms with E-state index in [1.807, 2.05) is 0 Å². The monoisotopic (exact) mass is 1750 g/mol. The molecule has 0 heterocycles. The van der Waals surface area contributed by atoms with E-state index in [0.717, 1.165) is 149 Å². The van der Waals surface area contributed by atoms with Gasteiger partial charge < -0.3 is 111 Å². The van der Waals surface area contributed by atoms with Crippen molar-refractivity contribution in [2.24, 2.45) is 0 Å². The van der Waals surface area contributed by atoms with Crippen LogP contribution in [0.2, 0.25) is 0 Å². The van der Waals surface area contributed by atoms with Crippen molar-refractivity contribution in [3.8, 4) is 0 Å². The van der Waals surface area contributed by atoms with E-state index in [4.69, 9.17) is 53.2 Å². The van der Waals surface area contributed by atoms with E-state index in [1.165, 1.54) is 205 Å². The van der Waals surface area contributed by atoms with Crippen LogP contribution in [0.4, 0.5) is 0 Å². The van der Waals surface area contributed by atoms with Gasteiger partial charge in [0.2, 0.25) is 0 Å². The van der Waals surface area contributed by atoms with Gasteiger partial charge in [-0.2, -0.15) is 4.21 Å². The molecule has 538 valence electrons. The summed E-state index contributed by atoms with van der Waals surface area (Å²) in [6.07, 6.45) is 58.1. The Morgan fingerprint density at radius 2 is 0.281 bits per heavy atom. The second-order valence-electron chi connectivity index (χ2n) is 23.4. The minimum atomic E-state index is -3.54. The molecule has 0 saturated heterocycles. The van der Waals surface area contributed by atoms with Crippen LogP contribution in [0.15, 0.2) is 0 Å². The summed E-state index contributed by atoms with van der Waals surface area (Å²) >= 11 is 21.9. The maximum atomic E-state index is 11.7. The van der Waals surface area contributed by atoms with Gasteiger partial charge in [-0.05, 0) is 97.4 Å². The quantitative estimate of drug-likeness (QED) is 0.0241. The maximum absolute atomic E-state index is 11.7. The minimum absolute atomic E-state index is 0. The summed E-state index contributed by atoms with van der Waals surface area (Å²) in [5, 5.41) is 0. The Morgan fingerprint density at radius 3 is 0.360 bits per heavy atom. The van der Waals surface area contributed by atoms with Gasteiger partial charge in [-0.15, -0.1) is 0 Å². The van der Waals surface area contributed by atoms with E-state index >= 15 is 0 Å². The predicted molar refractivity (Wildman–Crippen MR) is 401 cm³/mol. The molecule has 0 radical (unpaired) electrons. The van der Waals surface area contributed by atoms with Crippen LogP contribution in [-0.2, 0) is 165 Å². The van der Waals surface area contributed by atoms with Crippen molar-refractivity contribution < 1.29 is 107 Å². The van der Waals surface area contributed by atoms with Gasteiger partial charge in [0, 0.05) is 0 Å². The molecule has 0 amide bonds. The average molecular weight is 1750 g/mol. The van der Waals surface area contributed by atoms with Crippen LogP contribution >= 0.6 is 22.8 Å². The van der Waals surface area contributed by atoms with E-state index in [-0.39, 0.29) is 63.2 Å². The first-order chi connectivity index (χ1) is 41.1. The van der Waals surface area contributed by atoms with E-state index in [9.17, 15) is 39.1 Å². The van der Waals surface area contributed by atoms with Crippen LogP contribution in [0, 0.1) is 0 Å². The van der Waals surface area contributed by atoms with Gasteiger partial charge in [-0.1, -0.05) is 312 Å². The van der Waals surface area contributed by atoms with Gasteiger partial charge in [0.15, 0.2) is 12.5 Å². The molecule has 0 unspecified atom stereocenters. The molecular weight excluding hydrogens is 1610 g/mol. The van der Waals surface area contributed by atoms with Crippen LogP contribution in [0.25, 0.3) is 0 Å². The fourth-order valence-corrected chi connectivity index (χ4v) is 30.4. The number of rotatable bonds is 56. The Labute approximate surface area is 633 Å². The molecule has 0 atom stereocenters. The Bertz CT molecular complexity index is 1330. The van der Waals surface area contributed by atoms with Gasteiger partial charge in [-0.3, -0.25) is 0 Å². The third-order valence-electron chi connectivity index (χ3n) is 15.1. The molecule has 0 aliphatic carbocycles. The van der Waals surface area contributed by atoms with Crippen molar-refractivity contribution in [1.29, 1.82) is 0 Å². The second-order valence-corrected chi connectivity index (χ2v) is 54.5. The molecule has 0 aliphatic rings. The van der Waals surface area contributed by atoms with Crippen molar-refractivity contribution in [2.45, 2.75) is 364 Å². The molecule has 25 heteroatoms. The molecule has 0 fully saturated rings. The predicted octanol–water partition coefficient (Wildman–Crippen LogP) is 16.7. The third kappa shape index (κ3) is 90.3. The number of unbranched alkanes of at least 4 members (excludes halogenated alkanes) is 40. The summed E-state index contributed by atoms with van der Waals surface area (Å²) in [7, 11) is -2.17. The summed E-state index contributed by atoms with van der Waals surface area (Å²) in [5.74, 6) is 6.49. The van der Waals surface area contributed by atoms with E-state index in [2.05, 4.69) is 67.9 Å². The Hall–Kier alpha value is 6.28. The molecule has 0 aromatic heterocycles. The zero-order chi connectivity index (χ0) is 65.9. The SMILES string of the molecule is CCCCCCCCS(CCCCCCCC)=P([O-])([O-])[S-].CCCCCCCCS(CCCCCCCC)=P([O-])([O-])[S-].CCCCCCCCS(CCCCCCCC)=P([O-])([O-])[S-].CCCCCCCCS(CCCCCCCC)=P([O-])([O-])[S-].O=S.[Mo+4].[Mo+4].[Mo+4]. The van der Waals surface area contributed by atoms with Crippen molar-refractivity contribution >= 4 is 125 Å². The molecular formula is C64H136Mo3O9P4S9. The standard InChI is InChI=1S/4C16H34O2PS2.3Mo.OS/c4*1-3-5-7-9-11-13-15-21(19(17,18)20)16-14-12-10-8-6-4-2;;;;1-2/h4*3-16H2,1-2H3;;;;/q4*-3;3*+4;. The van der Waals surface area contributed by atoms with Gasteiger partial charge in [-0.25, -0.2) is 40.3 Å². The smallest absolute Gasteiger partial charge is 0.854 e. The molecule has 9 nitrogen and oxygen atoms in total. The molecule has 0 aliphatic heterocycles. The van der Waals surface area contributed by atoms with E-state index in [0.29, 0.717) is 0 Å². The van der Waals surface area contributed by atoms with Crippen LogP contribution in [-0.4, -0.2) is 50.2 Å². The Balaban J connectivity index is -0.000000160. The van der Waals surface area contributed by atoms with Crippen molar-refractivity contribution in [3.63, 3.8) is 0 Å². The van der Waals surface area contributed by atoms with Crippen LogP contribution < -0.4 is 39.1 Å². The fraction of sp³-hybridized carbons (Fsp3) is 1.00. The number of hydrogen-bond acceptors (Lipinski definition) is 14. The van der Waals surface area contributed by atoms with Crippen LogP contribution in [0.5, 0.6) is 0 Å². The molecule has 0 aromatic rings. The van der Waals surface area contributed by atoms with E-state index in [1.54, 1.807) is 0 Å². The van der Waals surface area contributed by atoms with Gasteiger partial charge in [0.05, 0.1) is 0 Å². The molecule has 0 spiro atoms. The van der Waals surface area contributed by atoms with Gasteiger partial charge in [0.1, 0.15) is 0 Å². The van der Waals surface area contributed by atoms with Crippen LogP contribution in [0.3, 0.4) is 0 Å². The molecule has 0 aromatic carbocycles. The van der Waals surface area contributed by atoms with Crippen molar-refractivity contribution in [1.82, 2.24) is 0 Å². The summed E-state index contributed by atoms with van der Waals surface area (Å²) in [6, 6.07) is 0. The van der Waals surface area contributed by atoms with Crippen molar-refractivity contribution in [3.05, 3.63) is 0 Å². The summed E-state index contributed by atoms with van der Waals surface area (Å²) in [6.45, 7) is 17.7. The normalized spacial score (nSPS) is 11.6. The summed E-state index contributed by atoms with van der Waals surface area (Å²) in [4.78, 5) is 93.8.